The number of nitrogens with one attached hydrogen (secondary N) is 1. The van der Waals surface area contributed by atoms with E-state index < -0.39 is 6.55 Å². The fourth-order valence-electron chi connectivity index (χ4n) is 1.26. The predicted octanol–water partition coefficient (Wildman–Crippen LogP) is 2.84. The lowest BCUT2D eigenvalue weighted by Crippen LogP contribution is -2.19. The first kappa shape index (κ1) is 15.3. The van der Waals surface area contributed by atoms with Gasteiger partial charge < -0.3 is 5.32 Å². The van der Waals surface area contributed by atoms with Crippen molar-refractivity contribution in [2.45, 2.75) is 33.4 Å². The maximum atomic E-state index is 12.4. The first-order chi connectivity index (χ1) is 7.11. The minimum Gasteiger partial charge on any atom is -0.311 e. The lowest BCUT2D eigenvalue weighted by atomic mass is 10.1. The van der Waals surface area contributed by atoms with Crippen LogP contribution in [0, 0.1) is 5.92 Å². The molecule has 0 saturated heterocycles. The van der Waals surface area contributed by atoms with Crippen LogP contribution in [0.15, 0.2) is 12.3 Å². The van der Waals surface area contributed by atoms with Gasteiger partial charge in [-0.1, -0.05) is 13.8 Å². The summed E-state index contributed by atoms with van der Waals surface area (Å²) in [7, 11) is 0. The van der Waals surface area contributed by atoms with Crippen molar-refractivity contribution >= 4 is 12.4 Å². The van der Waals surface area contributed by atoms with Crippen molar-refractivity contribution < 1.29 is 8.78 Å². The maximum absolute atomic E-state index is 12.4. The molecule has 0 aliphatic rings. The van der Waals surface area contributed by atoms with Crippen LogP contribution in [-0.2, 0) is 6.54 Å². The van der Waals surface area contributed by atoms with Gasteiger partial charge in [-0.2, -0.15) is 13.9 Å². The predicted molar refractivity (Wildman–Crippen MR) is 61.9 cm³/mol. The molecule has 0 saturated carbocycles. The van der Waals surface area contributed by atoms with Crippen molar-refractivity contribution in [3.05, 3.63) is 18.0 Å². The van der Waals surface area contributed by atoms with Crippen molar-refractivity contribution in [2.24, 2.45) is 5.92 Å². The Hall–Kier alpha value is -0.680. The summed E-state index contributed by atoms with van der Waals surface area (Å²) in [6, 6.07) is 1.61. The highest BCUT2D eigenvalue weighted by molar-refractivity contribution is 5.85. The summed E-state index contributed by atoms with van der Waals surface area (Å²) < 4.78 is 25.5. The molecule has 0 aliphatic heterocycles. The molecule has 1 aromatic rings. The van der Waals surface area contributed by atoms with Crippen LogP contribution in [0.1, 0.15) is 32.5 Å². The molecule has 0 fully saturated rings. The molecule has 0 radical (unpaired) electrons. The molecule has 0 aromatic carbocycles. The van der Waals surface area contributed by atoms with Gasteiger partial charge in [-0.15, -0.1) is 12.4 Å². The molecule has 0 bridgehead atoms. The van der Waals surface area contributed by atoms with Crippen molar-refractivity contribution in [1.29, 1.82) is 0 Å². The minimum atomic E-state index is -2.55. The number of hydrogen-bond donors (Lipinski definition) is 1. The molecular formula is C10H18ClF2N3. The molecular weight excluding hydrogens is 236 g/mol. The number of hydrogen-bond acceptors (Lipinski definition) is 2. The molecule has 0 spiro atoms. The smallest absolute Gasteiger partial charge is 0.311 e. The number of halogens is 3. The highest BCUT2D eigenvalue weighted by Gasteiger charge is 2.10. The van der Waals surface area contributed by atoms with Crippen LogP contribution in [0.5, 0.6) is 0 Å². The van der Waals surface area contributed by atoms with E-state index in [0.29, 0.717) is 18.2 Å². The zero-order valence-corrected chi connectivity index (χ0v) is 10.3. The summed E-state index contributed by atoms with van der Waals surface area (Å²) >= 11 is 0. The van der Waals surface area contributed by atoms with Crippen LogP contribution in [0.2, 0.25) is 0 Å². The average molecular weight is 254 g/mol. The second-order valence-corrected chi connectivity index (χ2v) is 3.90. The van der Waals surface area contributed by atoms with Gasteiger partial charge in [0.15, 0.2) is 0 Å². The molecule has 1 heterocycles. The standard InChI is InChI=1S/C10H17F2N3.ClH/c1-8(2)3-5-13-7-9-4-6-14-15(9)10(11)12;/h4,6,8,10,13H,3,5,7H2,1-2H3;1H. The van der Waals surface area contributed by atoms with Crippen LogP contribution in [0.3, 0.4) is 0 Å². The Kier molecular flexibility index (Phi) is 7.25. The summed E-state index contributed by atoms with van der Waals surface area (Å²) in [4.78, 5) is 0. The Morgan fingerprint density at radius 2 is 2.12 bits per heavy atom. The Bertz CT molecular complexity index is 289. The van der Waals surface area contributed by atoms with Crippen LogP contribution >= 0.6 is 12.4 Å². The normalized spacial score (nSPS) is 10.9. The average Bonchev–Trinajstić information content (AvgIpc) is 2.60. The zero-order valence-electron chi connectivity index (χ0n) is 9.49. The molecule has 3 nitrogen and oxygen atoms in total. The lowest BCUT2D eigenvalue weighted by Gasteiger charge is -2.08. The van der Waals surface area contributed by atoms with E-state index >= 15 is 0 Å². The molecule has 0 atom stereocenters. The molecule has 0 aliphatic carbocycles. The quantitative estimate of drug-likeness (QED) is 0.790. The van der Waals surface area contributed by atoms with Gasteiger partial charge in [0, 0.05) is 12.7 Å². The van der Waals surface area contributed by atoms with Crippen molar-refractivity contribution in [3.8, 4) is 0 Å². The molecule has 1 N–H and O–H groups in total. The first-order valence-corrected chi connectivity index (χ1v) is 5.12. The molecule has 0 amide bonds. The molecule has 6 heteroatoms. The maximum Gasteiger partial charge on any atom is 0.333 e. The third-order valence-corrected chi connectivity index (χ3v) is 2.14. The fraction of sp³-hybridized carbons (Fsp3) is 0.700. The van der Waals surface area contributed by atoms with E-state index in [0.717, 1.165) is 17.6 Å². The highest BCUT2D eigenvalue weighted by Crippen LogP contribution is 2.11. The molecule has 0 unspecified atom stereocenters. The van der Waals surface area contributed by atoms with Crippen LogP contribution in [0.4, 0.5) is 8.78 Å². The number of alkyl halides is 2. The Morgan fingerprint density at radius 3 is 2.69 bits per heavy atom. The van der Waals surface area contributed by atoms with E-state index in [1.807, 2.05) is 0 Å². The van der Waals surface area contributed by atoms with Crippen LogP contribution in [0.25, 0.3) is 0 Å². The molecule has 1 aromatic heterocycles. The van der Waals surface area contributed by atoms with E-state index in [-0.39, 0.29) is 12.4 Å². The van der Waals surface area contributed by atoms with Crippen molar-refractivity contribution in [2.75, 3.05) is 6.54 Å². The van der Waals surface area contributed by atoms with E-state index in [2.05, 4.69) is 24.3 Å². The summed E-state index contributed by atoms with van der Waals surface area (Å²) in [5.41, 5.74) is 0.522. The first-order valence-electron chi connectivity index (χ1n) is 5.12. The summed E-state index contributed by atoms with van der Waals surface area (Å²) in [5.74, 6) is 0.623. The van der Waals surface area contributed by atoms with E-state index in [9.17, 15) is 8.78 Å². The van der Waals surface area contributed by atoms with Gasteiger partial charge in [-0.3, -0.25) is 0 Å². The lowest BCUT2D eigenvalue weighted by molar-refractivity contribution is 0.0531. The van der Waals surface area contributed by atoms with Gasteiger partial charge in [-0.25, -0.2) is 4.68 Å². The van der Waals surface area contributed by atoms with Gasteiger partial charge >= 0.3 is 6.55 Å². The van der Waals surface area contributed by atoms with Crippen molar-refractivity contribution in [3.63, 3.8) is 0 Å². The Morgan fingerprint density at radius 1 is 1.44 bits per heavy atom. The summed E-state index contributed by atoms with van der Waals surface area (Å²) in [6.07, 6.45) is 2.44. The van der Waals surface area contributed by atoms with Gasteiger partial charge in [0.05, 0.1) is 5.69 Å². The molecule has 94 valence electrons. The number of nitrogens with zero attached hydrogens (tertiary/aromatic N) is 2. The Balaban J connectivity index is 0.00000225. The fourth-order valence-corrected chi connectivity index (χ4v) is 1.26. The highest BCUT2D eigenvalue weighted by atomic mass is 35.5. The van der Waals surface area contributed by atoms with E-state index in [1.54, 1.807) is 6.07 Å². The second-order valence-electron chi connectivity index (χ2n) is 3.90. The SMILES string of the molecule is CC(C)CCNCc1ccnn1C(F)F.Cl. The largest absolute Gasteiger partial charge is 0.333 e. The summed E-state index contributed by atoms with van der Waals surface area (Å²) in [5, 5.41) is 6.68. The van der Waals surface area contributed by atoms with Gasteiger partial charge in [0.25, 0.3) is 0 Å². The van der Waals surface area contributed by atoms with Crippen molar-refractivity contribution in [1.82, 2.24) is 15.1 Å². The van der Waals surface area contributed by atoms with E-state index in [1.165, 1.54) is 6.20 Å². The number of rotatable bonds is 6. The summed E-state index contributed by atoms with van der Waals surface area (Å²) in [6.45, 7) is 2.99. The molecule has 1 rings (SSSR count). The van der Waals surface area contributed by atoms with Gasteiger partial charge in [0.1, 0.15) is 0 Å². The second kappa shape index (κ2) is 7.57. The third kappa shape index (κ3) is 4.90. The topological polar surface area (TPSA) is 29.9 Å². The van der Waals surface area contributed by atoms with Crippen LogP contribution in [-0.4, -0.2) is 16.3 Å². The minimum absolute atomic E-state index is 0. The van der Waals surface area contributed by atoms with E-state index in [4.69, 9.17) is 0 Å². The number of aromatic nitrogens is 2. The van der Waals surface area contributed by atoms with Crippen LogP contribution < -0.4 is 5.32 Å². The Labute approximate surface area is 101 Å². The van der Waals surface area contributed by atoms with Gasteiger partial charge in [-0.05, 0) is 24.9 Å². The zero-order chi connectivity index (χ0) is 11.3. The monoisotopic (exact) mass is 253 g/mol. The molecule has 16 heavy (non-hydrogen) atoms. The third-order valence-electron chi connectivity index (χ3n) is 2.14. The van der Waals surface area contributed by atoms with Gasteiger partial charge in [0.2, 0.25) is 0 Å².